The van der Waals surface area contributed by atoms with Crippen LogP contribution in [-0.2, 0) is 10.2 Å². The summed E-state index contributed by atoms with van der Waals surface area (Å²) >= 11 is 0. The van der Waals surface area contributed by atoms with E-state index in [4.69, 9.17) is 14.2 Å². The number of rotatable bonds is 3. The molecule has 2 aliphatic heterocycles. The predicted octanol–water partition coefficient (Wildman–Crippen LogP) is 3.04. The minimum Gasteiger partial charge on any atom is -0.381 e. The van der Waals surface area contributed by atoms with E-state index in [1.165, 1.54) is 5.56 Å². The van der Waals surface area contributed by atoms with Crippen LogP contribution in [0.15, 0.2) is 59.1 Å². The molecule has 1 saturated heterocycles. The van der Waals surface area contributed by atoms with Crippen molar-refractivity contribution in [3.63, 3.8) is 0 Å². The number of aromatic nitrogens is 2. The molecule has 1 unspecified atom stereocenters. The van der Waals surface area contributed by atoms with Gasteiger partial charge in [0, 0.05) is 25.3 Å². The molecular formula is C22H21N3O3. The summed E-state index contributed by atoms with van der Waals surface area (Å²) in [5.74, 6) is 1.05. The number of benzene rings is 2. The van der Waals surface area contributed by atoms with Gasteiger partial charge in [-0.15, -0.1) is 0 Å². The second kappa shape index (κ2) is 6.87. The van der Waals surface area contributed by atoms with Crippen molar-refractivity contribution in [2.45, 2.75) is 24.2 Å². The van der Waals surface area contributed by atoms with Crippen molar-refractivity contribution in [1.82, 2.24) is 15.5 Å². The molecule has 3 aromatic rings. The summed E-state index contributed by atoms with van der Waals surface area (Å²) in [6.45, 7) is 1.79. The minimum atomic E-state index is -0.307. The van der Waals surface area contributed by atoms with E-state index in [0.29, 0.717) is 37.0 Å². The van der Waals surface area contributed by atoms with Gasteiger partial charge in [0.05, 0.1) is 11.3 Å². The third-order valence-corrected chi connectivity index (χ3v) is 5.89. The highest BCUT2D eigenvalue weighted by atomic mass is 16.5. The number of ether oxygens (including phenoxy) is 1. The summed E-state index contributed by atoms with van der Waals surface area (Å²) in [5.41, 5.74) is 2.48. The molecule has 0 bridgehead atoms. The molecule has 1 aromatic heterocycles. The Morgan fingerprint density at radius 1 is 1.00 bits per heavy atom. The molecule has 1 N–H and O–H groups in total. The van der Waals surface area contributed by atoms with E-state index in [9.17, 15) is 4.79 Å². The number of fused-ring (bicyclic) bond motifs is 1. The average Bonchev–Trinajstić information content (AvgIpc) is 3.26. The Hall–Kier alpha value is -2.99. The van der Waals surface area contributed by atoms with Gasteiger partial charge >= 0.3 is 0 Å². The fraction of sp³-hybridized carbons (Fsp3) is 0.318. The van der Waals surface area contributed by atoms with E-state index in [-0.39, 0.29) is 17.2 Å². The highest BCUT2D eigenvalue weighted by Crippen LogP contribution is 2.40. The monoisotopic (exact) mass is 375 g/mol. The van der Waals surface area contributed by atoms with Crippen molar-refractivity contribution in [3.8, 4) is 0 Å². The summed E-state index contributed by atoms with van der Waals surface area (Å²) in [6, 6.07) is 17.9. The molecule has 142 valence electrons. The van der Waals surface area contributed by atoms with Crippen LogP contribution in [0.2, 0.25) is 0 Å². The van der Waals surface area contributed by atoms with Crippen molar-refractivity contribution >= 4 is 5.91 Å². The van der Waals surface area contributed by atoms with Gasteiger partial charge in [0.15, 0.2) is 5.82 Å². The zero-order valence-electron chi connectivity index (χ0n) is 15.4. The second-order valence-corrected chi connectivity index (χ2v) is 7.37. The van der Waals surface area contributed by atoms with E-state index >= 15 is 0 Å². The number of nitrogens with one attached hydrogen (secondary N) is 1. The van der Waals surface area contributed by atoms with Gasteiger partial charge in [0.1, 0.15) is 0 Å². The average molecular weight is 375 g/mol. The molecule has 1 atom stereocenters. The lowest BCUT2D eigenvalue weighted by Crippen LogP contribution is -2.37. The van der Waals surface area contributed by atoms with Gasteiger partial charge in [-0.25, -0.2) is 0 Å². The number of nitrogens with zero attached hydrogens (tertiary/aromatic N) is 2. The molecule has 0 aliphatic carbocycles. The Morgan fingerprint density at radius 2 is 1.75 bits per heavy atom. The third kappa shape index (κ3) is 2.72. The van der Waals surface area contributed by atoms with E-state index in [1.54, 1.807) is 0 Å². The standard InChI is InChI=1S/C22H21N3O3/c26-19-17-9-5-4-8-16(17)18(14-23-19)20-24-21(25-28-20)22(10-12-27-13-11-22)15-6-2-1-3-7-15/h1-9,18H,10-14H2,(H,23,26). The molecular weight excluding hydrogens is 354 g/mol. The number of hydrogen-bond donors (Lipinski definition) is 1. The molecule has 0 radical (unpaired) electrons. The summed E-state index contributed by atoms with van der Waals surface area (Å²) in [4.78, 5) is 17.0. The Morgan fingerprint density at radius 3 is 2.57 bits per heavy atom. The quantitative estimate of drug-likeness (QED) is 0.761. The maximum Gasteiger partial charge on any atom is 0.251 e. The van der Waals surface area contributed by atoms with Crippen LogP contribution in [-0.4, -0.2) is 35.8 Å². The molecule has 2 aromatic carbocycles. The van der Waals surface area contributed by atoms with E-state index in [1.807, 2.05) is 42.5 Å². The lowest BCUT2D eigenvalue weighted by atomic mass is 9.73. The zero-order valence-corrected chi connectivity index (χ0v) is 15.4. The molecule has 1 amide bonds. The Labute approximate surface area is 162 Å². The van der Waals surface area contributed by atoms with Gasteiger partial charge in [-0.1, -0.05) is 53.7 Å². The largest absolute Gasteiger partial charge is 0.381 e. The van der Waals surface area contributed by atoms with Crippen LogP contribution in [0.3, 0.4) is 0 Å². The van der Waals surface area contributed by atoms with Crippen LogP contribution < -0.4 is 5.32 Å². The van der Waals surface area contributed by atoms with Gasteiger partial charge < -0.3 is 14.6 Å². The second-order valence-electron chi connectivity index (χ2n) is 7.37. The highest BCUT2D eigenvalue weighted by molar-refractivity contribution is 5.97. The summed E-state index contributed by atoms with van der Waals surface area (Å²) in [5, 5.41) is 7.33. The lowest BCUT2D eigenvalue weighted by molar-refractivity contribution is 0.0597. The first-order valence-corrected chi connectivity index (χ1v) is 9.62. The smallest absolute Gasteiger partial charge is 0.251 e. The van der Waals surface area contributed by atoms with Crippen LogP contribution in [0.25, 0.3) is 0 Å². The Bertz CT molecular complexity index is 993. The molecule has 6 nitrogen and oxygen atoms in total. The normalized spacial score (nSPS) is 21.0. The first-order chi connectivity index (χ1) is 13.8. The van der Waals surface area contributed by atoms with E-state index in [2.05, 4.69) is 22.6 Å². The molecule has 5 rings (SSSR count). The van der Waals surface area contributed by atoms with E-state index in [0.717, 1.165) is 18.4 Å². The predicted molar refractivity (Wildman–Crippen MR) is 102 cm³/mol. The first kappa shape index (κ1) is 17.1. The summed E-state index contributed by atoms with van der Waals surface area (Å²) in [6.07, 6.45) is 1.63. The van der Waals surface area contributed by atoms with Gasteiger partial charge in [0.25, 0.3) is 5.91 Å². The third-order valence-electron chi connectivity index (χ3n) is 5.89. The minimum absolute atomic E-state index is 0.0585. The van der Waals surface area contributed by atoms with E-state index < -0.39 is 0 Å². The summed E-state index contributed by atoms with van der Waals surface area (Å²) < 4.78 is 11.4. The lowest BCUT2D eigenvalue weighted by Gasteiger charge is -2.34. The molecule has 3 heterocycles. The van der Waals surface area contributed by atoms with Crippen LogP contribution in [0.1, 0.15) is 52.0 Å². The maximum atomic E-state index is 12.2. The molecule has 6 heteroatoms. The Balaban J connectivity index is 1.56. The molecule has 28 heavy (non-hydrogen) atoms. The van der Waals surface area contributed by atoms with Crippen LogP contribution in [0.5, 0.6) is 0 Å². The zero-order chi connectivity index (χ0) is 19.0. The van der Waals surface area contributed by atoms with Gasteiger partial charge in [0.2, 0.25) is 5.89 Å². The molecule has 0 spiro atoms. The summed E-state index contributed by atoms with van der Waals surface area (Å²) in [7, 11) is 0. The van der Waals surface area contributed by atoms with Crippen molar-refractivity contribution < 1.29 is 14.1 Å². The maximum absolute atomic E-state index is 12.2. The SMILES string of the molecule is O=C1NCC(c2nc(C3(c4ccccc4)CCOCC3)no2)c2ccccc21. The van der Waals surface area contributed by atoms with Crippen molar-refractivity contribution in [3.05, 3.63) is 83.0 Å². The first-order valence-electron chi connectivity index (χ1n) is 9.62. The molecule has 2 aliphatic rings. The van der Waals surface area contributed by atoms with Crippen LogP contribution in [0.4, 0.5) is 0 Å². The van der Waals surface area contributed by atoms with Gasteiger partial charge in [-0.3, -0.25) is 4.79 Å². The molecule has 0 saturated carbocycles. The van der Waals surface area contributed by atoms with Gasteiger partial charge in [-0.2, -0.15) is 4.98 Å². The number of carbonyl (C=O) groups excluding carboxylic acids is 1. The molecule has 1 fully saturated rings. The number of hydrogen-bond acceptors (Lipinski definition) is 5. The highest BCUT2D eigenvalue weighted by Gasteiger charge is 2.41. The van der Waals surface area contributed by atoms with Crippen molar-refractivity contribution in [2.75, 3.05) is 19.8 Å². The van der Waals surface area contributed by atoms with Crippen LogP contribution in [0, 0.1) is 0 Å². The Kier molecular flexibility index (Phi) is 4.20. The van der Waals surface area contributed by atoms with Crippen molar-refractivity contribution in [1.29, 1.82) is 0 Å². The number of amides is 1. The fourth-order valence-corrected chi connectivity index (χ4v) is 4.32. The topological polar surface area (TPSA) is 77.2 Å². The van der Waals surface area contributed by atoms with Crippen LogP contribution >= 0.6 is 0 Å². The van der Waals surface area contributed by atoms with Gasteiger partial charge in [-0.05, 0) is 30.0 Å². The van der Waals surface area contributed by atoms with Crippen molar-refractivity contribution in [2.24, 2.45) is 0 Å². The number of carbonyl (C=O) groups is 1. The fourth-order valence-electron chi connectivity index (χ4n) is 4.32.